The molecule has 0 aliphatic heterocycles. The first-order chi connectivity index (χ1) is 13.7. The van der Waals surface area contributed by atoms with Crippen molar-refractivity contribution in [3.8, 4) is 5.75 Å². The van der Waals surface area contributed by atoms with Crippen molar-refractivity contribution < 1.29 is 17.9 Å². The molecule has 1 N–H and O–H groups in total. The Bertz CT molecular complexity index is 915. The highest BCUT2D eigenvalue weighted by atomic mass is 35.5. The van der Waals surface area contributed by atoms with Gasteiger partial charge < -0.3 is 10.1 Å². The number of ether oxygens (including phenoxy) is 1. The van der Waals surface area contributed by atoms with E-state index in [-0.39, 0.29) is 11.9 Å². The number of carbonyl (C=O) groups is 1. The minimum absolute atomic E-state index is 0.293. The zero-order chi connectivity index (χ0) is 21.6. The van der Waals surface area contributed by atoms with E-state index in [2.05, 4.69) is 5.32 Å². The Balaban J connectivity index is 2.23. The molecule has 0 heterocycles. The maximum atomic E-state index is 13.0. The van der Waals surface area contributed by atoms with Gasteiger partial charge in [-0.15, -0.1) is 0 Å². The van der Waals surface area contributed by atoms with Crippen molar-refractivity contribution in [3.05, 3.63) is 59.1 Å². The molecular weight excluding hydrogens is 412 g/mol. The fraction of sp³-hybridized carbons (Fsp3) is 0.381. The molecule has 29 heavy (non-hydrogen) atoms. The van der Waals surface area contributed by atoms with E-state index < -0.39 is 16.1 Å². The quantitative estimate of drug-likeness (QED) is 0.637. The second kappa shape index (κ2) is 9.98. The van der Waals surface area contributed by atoms with E-state index in [1.165, 1.54) is 0 Å². The maximum Gasteiger partial charge on any atom is 0.244 e. The van der Waals surface area contributed by atoms with Crippen LogP contribution >= 0.6 is 11.6 Å². The van der Waals surface area contributed by atoms with Crippen molar-refractivity contribution in [1.29, 1.82) is 0 Å². The number of benzene rings is 2. The van der Waals surface area contributed by atoms with Crippen LogP contribution in [-0.4, -0.2) is 33.2 Å². The highest BCUT2D eigenvalue weighted by Gasteiger charge is 2.32. The summed E-state index contributed by atoms with van der Waals surface area (Å²) in [5.41, 5.74) is 1.29. The van der Waals surface area contributed by atoms with E-state index in [0.29, 0.717) is 23.7 Å². The summed E-state index contributed by atoms with van der Waals surface area (Å²) in [5, 5.41) is 3.41. The van der Waals surface area contributed by atoms with Crippen LogP contribution in [0.2, 0.25) is 5.02 Å². The Morgan fingerprint density at radius 2 is 1.69 bits per heavy atom. The third kappa shape index (κ3) is 6.11. The molecule has 0 radical (unpaired) electrons. The number of hydrogen-bond donors (Lipinski definition) is 1. The van der Waals surface area contributed by atoms with Gasteiger partial charge >= 0.3 is 0 Å². The Morgan fingerprint density at radius 3 is 2.17 bits per heavy atom. The minimum Gasteiger partial charge on any atom is -0.494 e. The van der Waals surface area contributed by atoms with Crippen LogP contribution in [0.1, 0.15) is 38.8 Å². The molecule has 6 nitrogen and oxygen atoms in total. The molecule has 0 spiro atoms. The van der Waals surface area contributed by atoms with Gasteiger partial charge in [0.2, 0.25) is 15.9 Å². The van der Waals surface area contributed by atoms with Gasteiger partial charge in [0.15, 0.2) is 0 Å². The molecule has 1 amide bonds. The third-order valence-electron chi connectivity index (χ3n) is 4.46. The highest BCUT2D eigenvalue weighted by molar-refractivity contribution is 7.92. The van der Waals surface area contributed by atoms with Gasteiger partial charge in [-0.1, -0.05) is 30.7 Å². The van der Waals surface area contributed by atoms with Crippen LogP contribution in [0.5, 0.6) is 5.75 Å². The van der Waals surface area contributed by atoms with Crippen molar-refractivity contribution in [2.24, 2.45) is 0 Å². The third-order valence-corrected chi connectivity index (χ3v) is 5.89. The van der Waals surface area contributed by atoms with Gasteiger partial charge in [0.25, 0.3) is 0 Å². The second-order valence-corrected chi connectivity index (χ2v) is 8.99. The predicted octanol–water partition coefficient (Wildman–Crippen LogP) is 4.16. The molecule has 2 aromatic carbocycles. The van der Waals surface area contributed by atoms with E-state index in [9.17, 15) is 13.2 Å². The lowest BCUT2D eigenvalue weighted by Crippen LogP contribution is -2.49. The second-order valence-electron chi connectivity index (χ2n) is 6.69. The number of amides is 1. The standard InChI is InChI=1S/C21H27ClN2O4S/c1-5-20(24(29(4,26)27)18-11-9-17(22)10-12-18)21(25)23-15(3)16-7-13-19(14-8-16)28-6-2/h7-15,20H,5-6H2,1-4H3,(H,23,25). The zero-order valence-corrected chi connectivity index (χ0v) is 18.6. The lowest BCUT2D eigenvalue weighted by Gasteiger charge is -2.31. The first-order valence-electron chi connectivity index (χ1n) is 9.45. The highest BCUT2D eigenvalue weighted by Crippen LogP contribution is 2.25. The van der Waals surface area contributed by atoms with E-state index >= 15 is 0 Å². The smallest absolute Gasteiger partial charge is 0.244 e. The van der Waals surface area contributed by atoms with Gasteiger partial charge in [0.05, 0.1) is 24.6 Å². The van der Waals surface area contributed by atoms with Crippen molar-refractivity contribution >= 4 is 33.2 Å². The molecule has 0 fully saturated rings. The first-order valence-corrected chi connectivity index (χ1v) is 11.7. The van der Waals surface area contributed by atoms with Gasteiger partial charge in [-0.3, -0.25) is 9.10 Å². The van der Waals surface area contributed by atoms with Gasteiger partial charge in [-0.25, -0.2) is 8.42 Å². The lowest BCUT2D eigenvalue weighted by molar-refractivity contribution is -0.122. The SMILES string of the molecule is CCOc1ccc(C(C)NC(=O)C(CC)N(c2ccc(Cl)cc2)S(C)(=O)=O)cc1. The van der Waals surface area contributed by atoms with Crippen LogP contribution in [0, 0.1) is 0 Å². The minimum atomic E-state index is -3.69. The summed E-state index contributed by atoms with van der Waals surface area (Å²) in [5.74, 6) is 0.390. The summed E-state index contributed by atoms with van der Waals surface area (Å²) in [6, 6.07) is 12.7. The average molecular weight is 439 g/mol. The summed E-state index contributed by atoms with van der Waals surface area (Å²) >= 11 is 5.92. The van der Waals surface area contributed by atoms with Crippen molar-refractivity contribution in [3.63, 3.8) is 0 Å². The molecule has 158 valence electrons. The average Bonchev–Trinajstić information content (AvgIpc) is 2.66. The molecule has 0 bridgehead atoms. The van der Waals surface area contributed by atoms with Crippen LogP contribution in [0.4, 0.5) is 5.69 Å². The van der Waals surface area contributed by atoms with Crippen LogP contribution in [0.25, 0.3) is 0 Å². The molecule has 8 heteroatoms. The number of halogens is 1. The van der Waals surface area contributed by atoms with Crippen molar-refractivity contribution in [1.82, 2.24) is 5.32 Å². The van der Waals surface area contributed by atoms with Gasteiger partial charge in [-0.2, -0.15) is 0 Å². The van der Waals surface area contributed by atoms with E-state index in [1.807, 2.05) is 38.1 Å². The number of rotatable bonds is 9. The molecule has 0 aliphatic rings. The molecule has 2 rings (SSSR count). The number of hydrogen-bond acceptors (Lipinski definition) is 4. The number of sulfonamides is 1. The number of anilines is 1. The molecule has 0 aliphatic carbocycles. The number of nitrogens with zero attached hydrogens (tertiary/aromatic N) is 1. The zero-order valence-electron chi connectivity index (χ0n) is 17.1. The Labute approximate surface area is 177 Å². The Kier molecular flexibility index (Phi) is 7.93. The molecule has 0 saturated carbocycles. The monoisotopic (exact) mass is 438 g/mol. The summed E-state index contributed by atoms with van der Waals surface area (Å²) in [7, 11) is -3.69. The van der Waals surface area contributed by atoms with E-state index in [1.54, 1.807) is 31.2 Å². The van der Waals surface area contributed by atoms with E-state index in [4.69, 9.17) is 16.3 Å². The van der Waals surface area contributed by atoms with Gasteiger partial charge in [0, 0.05) is 5.02 Å². The summed E-state index contributed by atoms with van der Waals surface area (Å²) in [6.45, 7) is 6.12. The normalized spacial score (nSPS) is 13.4. The Morgan fingerprint density at radius 1 is 1.10 bits per heavy atom. The topological polar surface area (TPSA) is 75.7 Å². The van der Waals surface area contributed by atoms with Gasteiger partial charge in [0.1, 0.15) is 11.8 Å². The molecule has 2 atom stereocenters. The van der Waals surface area contributed by atoms with E-state index in [0.717, 1.165) is 21.9 Å². The van der Waals surface area contributed by atoms with Crippen LogP contribution < -0.4 is 14.4 Å². The van der Waals surface area contributed by atoms with Crippen LogP contribution in [-0.2, 0) is 14.8 Å². The van der Waals surface area contributed by atoms with Crippen molar-refractivity contribution in [2.75, 3.05) is 17.2 Å². The summed E-state index contributed by atoms with van der Waals surface area (Å²) in [6.07, 6.45) is 1.41. The van der Waals surface area contributed by atoms with Crippen LogP contribution in [0.15, 0.2) is 48.5 Å². The number of carbonyl (C=O) groups excluding carboxylic acids is 1. The summed E-state index contributed by atoms with van der Waals surface area (Å²) in [4.78, 5) is 13.0. The maximum absolute atomic E-state index is 13.0. The number of nitrogens with one attached hydrogen (secondary N) is 1. The molecule has 0 aromatic heterocycles. The lowest BCUT2D eigenvalue weighted by atomic mass is 10.1. The molecule has 2 unspecified atom stereocenters. The molecule has 2 aromatic rings. The predicted molar refractivity (Wildman–Crippen MR) is 117 cm³/mol. The largest absolute Gasteiger partial charge is 0.494 e. The van der Waals surface area contributed by atoms with Gasteiger partial charge in [-0.05, 0) is 62.2 Å². The fourth-order valence-corrected chi connectivity index (χ4v) is 4.40. The molecule has 0 saturated heterocycles. The molecular formula is C21H27ClN2O4S. The fourth-order valence-electron chi connectivity index (χ4n) is 3.06. The Hall–Kier alpha value is -2.25. The first kappa shape index (κ1) is 23.0. The van der Waals surface area contributed by atoms with Crippen molar-refractivity contribution in [2.45, 2.75) is 39.3 Å². The summed E-state index contributed by atoms with van der Waals surface area (Å²) < 4.78 is 31.5. The van der Waals surface area contributed by atoms with Crippen LogP contribution in [0.3, 0.4) is 0 Å².